The van der Waals surface area contributed by atoms with Crippen molar-refractivity contribution in [1.82, 2.24) is 14.1 Å². The van der Waals surface area contributed by atoms with Crippen molar-refractivity contribution < 1.29 is 13.2 Å². The van der Waals surface area contributed by atoms with Crippen LogP contribution < -0.4 is 0 Å². The number of hydrogen-bond acceptors (Lipinski definition) is 4. The molecular weight excluding hydrogens is 458 g/mol. The van der Waals surface area contributed by atoms with Crippen LogP contribution in [0.25, 0.3) is 0 Å². The fraction of sp³-hybridized carbons (Fsp3) is 0.536. The molecule has 7 heteroatoms. The highest BCUT2D eigenvalue weighted by atomic mass is 32.2. The molecular formula is C28H39N3O3S. The number of carbonyl (C=O) groups excluding carboxylic acids is 1. The van der Waals surface area contributed by atoms with Crippen LogP contribution in [-0.2, 0) is 21.4 Å². The maximum atomic E-state index is 13.6. The maximum Gasteiger partial charge on any atom is 0.243 e. The molecule has 1 amide bonds. The lowest BCUT2D eigenvalue weighted by Gasteiger charge is -2.34. The van der Waals surface area contributed by atoms with E-state index in [1.54, 1.807) is 4.31 Å². The Morgan fingerprint density at radius 3 is 2.11 bits per heavy atom. The van der Waals surface area contributed by atoms with Gasteiger partial charge in [0.05, 0.1) is 4.90 Å². The SMILES string of the molecule is Cc1cc(C)c(C)c(S(=O)(=O)N2CCC(C(=O)N3CCCN(Cc4ccccc4)CC3)CC2)c1C. The zero-order valence-electron chi connectivity index (χ0n) is 21.6. The molecule has 2 aromatic rings. The molecule has 0 atom stereocenters. The van der Waals surface area contributed by atoms with Crippen LogP contribution in [0.15, 0.2) is 41.3 Å². The largest absolute Gasteiger partial charge is 0.341 e. The van der Waals surface area contributed by atoms with Gasteiger partial charge in [0.1, 0.15) is 0 Å². The van der Waals surface area contributed by atoms with E-state index in [0.29, 0.717) is 30.8 Å². The van der Waals surface area contributed by atoms with Gasteiger partial charge in [0.2, 0.25) is 15.9 Å². The van der Waals surface area contributed by atoms with E-state index in [1.807, 2.05) is 38.7 Å². The molecule has 0 unspecified atom stereocenters. The Balaban J connectivity index is 1.36. The standard InChI is InChI=1S/C28H39N3O3S/c1-21-19-22(2)24(4)27(23(21)3)35(33,34)31-15-11-26(12-16-31)28(32)30-14-8-13-29(17-18-30)20-25-9-6-5-7-10-25/h5-7,9-10,19,26H,8,11-18,20H2,1-4H3. The summed E-state index contributed by atoms with van der Waals surface area (Å²) in [4.78, 5) is 18.2. The molecule has 0 aromatic heterocycles. The van der Waals surface area contributed by atoms with Gasteiger partial charge in [-0.05, 0) is 74.8 Å². The highest BCUT2D eigenvalue weighted by molar-refractivity contribution is 7.89. The van der Waals surface area contributed by atoms with Crippen molar-refractivity contribution in [3.05, 3.63) is 64.2 Å². The Morgan fingerprint density at radius 1 is 0.857 bits per heavy atom. The Hall–Kier alpha value is -2.22. The predicted molar refractivity (Wildman–Crippen MR) is 140 cm³/mol. The van der Waals surface area contributed by atoms with Crippen molar-refractivity contribution in [2.45, 2.75) is 58.4 Å². The molecule has 35 heavy (non-hydrogen) atoms. The summed E-state index contributed by atoms with van der Waals surface area (Å²) in [7, 11) is -3.58. The van der Waals surface area contributed by atoms with Crippen LogP contribution in [0, 0.1) is 33.6 Å². The summed E-state index contributed by atoms with van der Waals surface area (Å²) in [5.41, 5.74) is 4.96. The van der Waals surface area contributed by atoms with E-state index in [0.717, 1.165) is 61.4 Å². The van der Waals surface area contributed by atoms with Crippen molar-refractivity contribution >= 4 is 15.9 Å². The lowest BCUT2D eigenvalue weighted by Crippen LogP contribution is -2.45. The third kappa shape index (κ3) is 5.63. The Morgan fingerprint density at radius 2 is 1.49 bits per heavy atom. The highest BCUT2D eigenvalue weighted by Gasteiger charge is 2.35. The van der Waals surface area contributed by atoms with Gasteiger partial charge in [-0.25, -0.2) is 8.42 Å². The quantitative estimate of drug-likeness (QED) is 0.625. The van der Waals surface area contributed by atoms with Gasteiger partial charge < -0.3 is 4.90 Å². The molecule has 0 N–H and O–H groups in total. The average molecular weight is 498 g/mol. The first kappa shape index (κ1) is 25.9. The van der Waals surface area contributed by atoms with E-state index in [4.69, 9.17) is 0 Å². The number of amides is 1. The van der Waals surface area contributed by atoms with Crippen molar-refractivity contribution in [3.8, 4) is 0 Å². The fourth-order valence-corrected chi connectivity index (χ4v) is 7.53. The molecule has 2 aromatic carbocycles. The minimum absolute atomic E-state index is 0.0939. The molecule has 2 aliphatic heterocycles. The summed E-state index contributed by atoms with van der Waals surface area (Å²) in [6.07, 6.45) is 2.15. The molecule has 2 heterocycles. The van der Waals surface area contributed by atoms with Crippen LogP contribution in [-0.4, -0.2) is 67.7 Å². The molecule has 190 valence electrons. The van der Waals surface area contributed by atoms with E-state index in [-0.39, 0.29) is 11.8 Å². The normalized spacial score (nSPS) is 19.0. The van der Waals surface area contributed by atoms with Crippen molar-refractivity contribution in [1.29, 1.82) is 0 Å². The second kappa shape index (κ2) is 10.8. The van der Waals surface area contributed by atoms with Crippen LogP contribution in [0.2, 0.25) is 0 Å². The summed E-state index contributed by atoms with van der Waals surface area (Å²) in [5, 5.41) is 0. The smallest absolute Gasteiger partial charge is 0.243 e. The van der Waals surface area contributed by atoms with Crippen LogP contribution in [0.4, 0.5) is 0 Å². The molecule has 0 aliphatic carbocycles. The van der Waals surface area contributed by atoms with Gasteiger partial charge >= 0.3 is 0 Å². The third-order valence-electron chi connectivity index (χ3n) is 7.85. The van der Waals surface area contributed by atoms with Gasteiger partial charge in [0.25, 0.3) is 0 Å². The van der Waals surface area contributed by atoms with E-state index >= 15 is 0 Å². The van der Waals surface area contributed by atoms with E-state index in [1.165, 1.54) is 5.56 Å². The second-order valence-electron chi connectivity index (χ2n) is 10.2. The minimum Gasteiger partial charge on any atom is -0.341 e. The van der Waals surface area contributed by atoms with Crippen molar-refractivity contribution in [2.24, 2.45) is 5.92 Å². The van der Waals surface area contributed by atoms with Gasteiger partial charge in [-0.3, -0.25) is 9.69 Å². The molecule has 2 saturated heterocycles. The summed E-state index contributed by atoms with van der Waals surface area (Å²) in [6.45, 7) is 12.8. The van der Waals surface area contributed by atoms with Crippen LogP contribution in [0.1, 0.15) is 47.1 Å². The van der Waals surface area contributed by atoms with E-state index in [9.17, 15) is 13.2 Å². The summed E-state index contributed by atoms with van der Waals surface area (Å²) in [6, 6.07) is 12.5. The molecule has 4 rings (SSSR count). The van der Waals surface area contributed by atoms with Crippen molar-refractivity contribution in [2.75, 3.05) is 39.3 Å². The molecule has 0 bridgehead atoms. The fourth-order valence-electron chi connectivity index (χ4n) is 5.49. The monoisotopic (exact) mass is 497 g/mol. The van der Waals surface area contributed by atoms with Gasteiger partial charge in [0, 0.05) is 51.7 Å². The molecule has 2 fully saturated rings. The van der Waals surface area contributed by atoms with E-state index in [2.05, 4.69) is 35.2 Å². The number of nitrogens with zero attached hydrogens (tertiary/aromatic N) is 3. The number of piperidine rings is 1. The number of hydrogen-bond donors (Lipinski definition) is 0. The Bertz CT molecular complexity index is 1130. The predicted octanol–water partition coefficient (Wildman–Crippen LogP) is 4.06. The number of carbonyl (C=O) groups is 1. The minimum atomic E-state index is -3.58. The lowest BCUT2D eigenvalue weighted by atomic mass is 9.96. The summed E-state index contributed by atoms with van der Waals surface area (Å²) < 4.78 is 28.7. The molecule has 6 nitrogen and oxygen atoms in total. The van der Waals surface area contributed by atoms with Crippen LogP contribution in [0.3, 0.4) is 0 Å². The van der Waals surface area contributed by atoms with Crippen LogP contribution in [0.5, 0.6) is 0 Å². The topological polar surface area (TPSA) is 60.9 Å². The van der Waals surface area contributed by atoms with Crippen LogP contribution >= 0.6 is 0 Å². The Labute approximate surface area is 211 Å². The van der Waals surface area contributed by atoms with Gasteiger partial charge in [-0.1, -0.05) is 36.4 Å². The number of benzene rings is 2. The zero-order chi connectivity index (χ0) is 25.2. The average Bonchev–Trinajstić information content (AvgIpc) is 3.08. The van der Waals surface area contributed by atoms with Gasteiger partial charge in [0.15, 0.2) is 0 Å². The Kier molecular flexibility index (Phi) is 7.99. The first-order valence-electron chi connectivity index (χ1n) is 12.8. The van der Waals surface area contributed by atoms with Gasteiger partial charge in [-0.2, -0.15) is 4.31 Å². The second-order valence-corrected chi connectivity index (χ2v) is 12.1. The molecule has 0 saturated carbocycles. The van der Waals surface area contributed by atoms with Gasteiger partial charge in [-0.15, -0.1) is 0 Å². The van der Waals surface area contributed by atoms with Crippen molar-refractivity contribution in [3.63, 3.8) is 0 Å². The summed E-state index contributed by atoms with van der Waals surface area (Å²) in [5.74, 6) is 0.103. The number of aryl methyl sites for hydroxylation is 2. The first-order chi connectivity index (χ1) is 16.7. The molecule has 2 aliphatic rings. The number of rotatable bonds is 5. The lowest BCUT2D eigenvalue weighted by molar-refractivity contribution is -0.136. The third-order valence-corrected chi connectivity index (χ3v) is 10.0. The molecule has 0 radical (unpaired) electrons. The summed E-state index contributed by atoms with van der Waals surface area (Å²) >= 11 is 0. The highest BCUT2D eigenvalue weighted by Crippen LogP contribution is 2.31. The first-order valence-corrected chi connectivity index (χ1v) is 14.2. The van der Waals surface area contributed by atoms with E-state index < -0.39 is 10.0 Å². The maximum absolute atomic E-state index is 13.6. The number of sulfonamides is 1. The molecule has 0 spiro atoms. The zero-order valence-corrected chi connectivity index (χ0v) is 22.4.